The molecule has 1 heterocycles. The van der Waals surface area contributed by atoms with Crippen molar-refractivity contribution in [3.05, 3.63) is 53.3 Å². The van der Waals surface area contributed by atoms with Gasteiger partial charge in [0.05, 0.1) is 6.54 Å². The summed E-state index contributed by atoms with van der Waals surface area (Å²) in [7, 11) is -1.89. The van der Waals surface area contributed by atoms with Crippen LogP contribution in [0.4, 0.5) is 0 Å². The minimum atomic E-state index is -3.67. The summed E-state index contributed by atoms with van der Waals surface area (Å²) in [5.74, 6) is 0.585. The van der Waals surface area contributed by atoms with E-state index in [1.165, 1.54) is 6.07 Å². The molecule has 0 aliphatic rings. The molecule has 114 valence electrons. The van der Waals surface area contributed by atoms with Crippen LogP contribution in [0.5, 0.6) is 0 Å². The zero-order chi connectivity index (χ0) is 15.5. The fourth-order valence-corrected chi connectivity index (χ4v) is 3.37. The highest BCUT2D eigenvalue weighted by atomic mass is 32.2. The van der Waals surface area contributed by atoms with Crippen LogP contribution in [0.15, 0.2) is 45.9 Å². The van der Waals surface area contributed by atoms with Gasteiger partial charge in [0.25, 0.3) is 10.0 Å². The predicted molar refractivity (Wildman–Crippen MR) is 81.4 cm³/mol. The van der Waals surface area contributed by atoms with Gasteiger partial charge in [0, 0.05) is 6.04 Å². The first-order valence-corrected chi connectivity index (χ1v) is 8.23. The van der Waals surface area contributed by atoms with Crippen molar-refractivity contribution < 1.29 is 12.8 Å². The fraction of sp³-hybridized carbons (Fsp3) is 0.333. The van der Waals surface area contributed by atoms with Gasteiger partial charge in [-0.1, -0.05) is 24.3 Å². The number of furan rings is 1. The van der Waals surface area contributed by atoms with Crippen LogP contribution in [0.2, 0.25) is 0 Å². The van der Waals surface area contributed by atoms with Crippen molar-refractivity contribution in [1.82, 2.24) is 10.0 Å². The van der Waals surface area contributed by atoms with Crippen molar-refractivity contribution in [2.75, 3.05) is 7.05 Å². The molecular weight excluding hydrogens is 288 g/mol. The molecule has 5 nitrogen and oxygen atoms in total. The van der Waals surface area contributed by atoms with Crippen molar-refractivity contribution in [1.29, 1.82) is 0 Å². The van der Waals surface area contributed by atoms with Crippen LogP contribution in [0.25, 0.3) is 0 Å². The summed E-state index contributed by atoms with van der Waals surface area (Å²) in [6.07, 6.45) is 0. The molecule has 21 heavy (non-hydrogen) atoms. The molecule has 1 aromatic carbocycles. The number of rotatable bonds is 6. The maximum absolute atomic E-state index is 12.3. The number of benzene rings is 1. The van der Waals surface area contributed by atoms with Crippen molar-refractivity contribution in [2.24, 2.45) is 0 Å². The molecule has 0 radical (unpaired) electrons. The Bertz CT molecular complexity index is 707. The highest BCUT2D eigenvalue weighted by Gasteiger charge is 2.22. The molecule has 2 rings (SSSR count). The molecule has 0 aliphatic carbocycles. The molecule has 0 saturated carbocycles. The summed E-state index contributed by atoms with van der Waals surface area (Å²) in [5, 5.41) is 2.85. The zero-order valence-electron chi connectivity index (χ0n) is 12.4. The van der Waals surface area contributed by atoms with Crippen LogP contribution < -0.4 is 10.0 Å². The lowest BCUT2D eigenvalue weighted by Crippen LogP contribution is -2.27. The third-order valence-corrected chi connectivity index (χ3v) is 4.65. The summed E-state index contributed by atoms with van der Waals surface area (Å²) in [5.41, 5.74) is 1.99. The van der Waals surface area contributed by atoms with E-state index in [1.54, 1.807) is 13.1 Å². The third kappa shape index (κ3) is 3.72. The fourth-order valence-electron chi connectivity index (χ4n) is 2.20. The number of sulfonamides is 1. The Morgan fingerprint density at radius 3 is 2.57 bits per heavy atom. The molecule has 0 saturated heterocycles. The number of hydrogen-bond donors (Lipinski definition) is 2. The zero-order valence-corrected chi connectivity index (χ0v) is 13.2. The van der Waals surface area contributed by atoms with Gasteiger partial charge in [-0.05, 0) is 44.2 Å². The molecule has 0 bridgehead atoms. The SMILES string of the molecule is CNCc1ccc(S(=O)(=O)NC(C)c2ccccc2C)o1. The molecule has 6 heteroatoms. The quantitative estimate of drug-likeness (QED) is 0.859. The van der Waals surface area contributed by atoms with Crippen molar-refractivity contribution in [3.8, 4) is 0 Å². The van der Waals surface area contributed by atoms with Gasteiger partial charge in [-0.25, -0.2) is 13.1 Å². The molecule has 0 amide bonds. The maximum atomic E-state index is 12.3. The van der Waals surface area contributed by atoms with E-state index in [2.05, 4.69) is 10.0 Å². The van der Waals surface area contributed by atoms with Gasteiger partial charge in [0.2, 0.25) is 5.09 Å². The van der Waals surface area contributed by atoms with Crippen LogP contribution in [-0.2, 0) is 16.6 Å². The summed E-state index contributed by atoms with van der Waals surface area (Å²) in [6.45, 7) is 4.26. The Balaban J connectivity index is 2.18. The molecular formula is C15H20N2O3S. The minimum Gasteiger partial charge on any atom is -0.447 e. The number of nitrogens with one attached hydrogen (secondary N) is 2. The smallest absolute Gasteiger partial charge is 0.274 e. The molecule has 1 unspecified atom stereocenters. The van der Waals surface area contributed by atoms with Gasteiger partial charge in [-0.3, -0.25) is 0 Å². The first-order valence-electron chi connectivity index (χ1n) is 6.75. The van der Waals surface area contributed by atoms with Crippen LogP contribution >= 0.6 is 0 Å². The summed E-state index contributed by atoms with van der Waals surface area (Å²) in [6, 6.07) is 10.5. The van der Waals surface area contributed by atoms with Gasteiger partial charge in [0.1, 0.15) is 5.76 Å². The van der Waals surface area contributed by atoms with E-state index in [1.807, 2.05) is 38.1 Å². The molecule has 0 aliphatic heterocycles. The first-order chi connectivity index (χ1) is 9.94. The lowest BCUT2D eigenvalue weighted by Gasteiger charge is -2.15. The van der Waals surface area contributed by atoms with Crippen LogP contribution in [-0.4, -0.2) is 15.5 Å². The average molecular weight is 308 g/mol. The molecule has 2 aromatic rings. The Kier molecular flexibility index (Phi) is 4.82. The van der Waals surface area contributed by atoms with Crippen LogP contribution in [0.1, 0.15) is 29.9 Å². The monoisotopic (exact) mass is 308 g/mol. The van der Waals surface area contributed by atoms with E-state index >= 15 is 0 Å². The van der Waals surface area contributed by atoms with Crippen LogP contribution in [0, 0.1) is 6.92 Å². The Labute approximate surface area is 125 Å². The summed E-state index contributed by atoms with van der Waals surface area (Å²) >= 11 is 0. The van der Waals surface area contributed by atoms with E-state index < -0.39 is 10.0 Å². The van der Waals surface area contributed by atoms with E-state index in [-0.39, 0.29) is 11.1 Å². The second-order valence-electron chi connectivity index (χ2n) is 4.95. The average Bonchev–Trinajstić information content (AvgIpc) is 2.88. The van der Waals surface area contributed by atoms with E-state index in [4.69, 9.17) is 4.42 Å². The van der Waals surface area contributed by atoms with Crippen molar-refractivity contribution in [3.63, 3.8) is 0 Å². The molecule has 1 atom stereocenters. The Morgan fingerprint density at radius 1 is 1.19 bits per heavy atom. The molecule has 0 spiro atoms. The highest BCUT2D eigenvalue weighted by molar-refractivity contribution is 7.89. The number of hydrogen-bond acceptors (Lipinski definition) is 4. The Hall–Kier alpha value is -1.63. The maximum Gasteiger partial charge on any atom is 0.274 e. The topological polar surface area (TPSA) is 71.3 Å². The Morgan fingerprint density at radius 2 is 1.90 bits per heavy atom. The van der Waals surface area contributed by atoms with E-state index in [0.717, 1.165) is 11.1 Å². The van der Waals surface area contributed by atoms with Gasteiger partial charge < -0.3 is 9.73 Å². The largest absolute Gasteiger partial charge is 0.447 e. The van der Waals surface area contributed by atoms with Crippen molar-refractivity contribution in [2.45, 2.75) is 31.5 Å². The summed E-state index contributed by atoms with van der Waals surface area (Å²) < 4.78 is 32.6. The third-order valence-electron chi connectivity index (χ3n) is 3.24. The second-order valence-corrected chi connectivity index (χ2v) is 6.60. The van der Waals surface area contributed by atoms with Gasteiger partial charge in [-0.2, -0.15) is 0 Å². The lowest BCUT2D eigenvalue weighted by atomic mass is 10.0. The minimum absolute atomic E-state index is 0.0619. The molecule has 2 N–H and O–H groups in total. The van der Waals surface area contributed by atoms with Gasteiger partial charge in [0.15, 0.2) is 0 Å². The normalized spacial score (nSPS) is 13.3. The highest BCUT2D eigenvalue weighted by Crippen LogP contribution is 2.21. The predicted octanol–water partition coefficient (Wildman–Crippen LogP) is 2.35. The van der Waals surface area contributed by atoms with Gasteiger partial charge in [-0.15, -0.1) is 0 Å². The van der Waals surface area contributed by atoms with E-state index in [0.29, 0.717) is 12.3 Å². The van der Waals surface area contributed by atoms with Crippen LogP contribution in [0.3, 0.4) is 0 Å². The van der Waals surface area contributed by atoms with E-state index in [9.17, 15) is 8.42 Å². The summed E-state index contributed by atoms with van der Waals surface area (Å²) in [4.78, 5) is 0. The molecule has 1 aromatic heterocycles. The number of aryl methyl sites for hydroxylation is 1. The van der Waals surface area contributed by atoms with Crippen molar-refractivity contribution >= 4 is 10.0 Å². The van der Waals surface area contributed by atoms with Gasteiger partial charge >= 0.3 is 0 Å². The standard InChI is InChI=1S/C15H20N2O3S/c1-11-6-4-5-7-14(11)12(2)17-21(18,19)15-9-8-13(20-15)10-16-3/h4-9,12,16-17H,10H2,1-3H3. The first kappa shape index (κ1) is 15.8. The molecule has 0 fully saturated rings. The second kappa shape index (κ2) is 6.43. The lowest BCUT2D eigenvalue weighted by molar-refractivity contribution is 0.403.